The fraction of sp³-hybridized carbons (Fsp3) is 0.400. The molecule has 0 radical (unpaired) electrons. The monoisotopic (exact) mass is 317 g/mol. The quantitative estimate of drug-likeness (QED) is 0.504. The van der Waals surface area contributed by atoms with E-state index in [1.54, 1.807) is 29.4 Å². The van der Waals surface area contributed by atoms with Crippen molar-refractivity contribution in [3.05, 3.63) is 23.7 Å². The smallest absolute Gasteiger partial charge is 0.126 e. The summed E-state index contributed by atoms with van der Waals surface area (Å²) in [5.74, 6) is 0. The molecule has 0 spiro atoms. The second-order valence-electron chi connectivity index (χ2n) is 5.83. The van der Waals surface area contributed by atoms with Crippen molar-refractivity contribution < 1.29 is 4.74 Å². The van der Waals surface area contributed by atoms with Crippen LogP contribution < -0.4 is 0 Å². The average Bonchev–Trinajstić information content (AvgIpc) is 2.81. The van der Waals surface area contributed by atoms with E-state index in [0.717, 1.165) is 37.6 Å². The molecule has 3 aromatic heterocycles. The van der Waals surface area contributed by atoms with Crippen LogP contribution in [0.5, 0.6) is 0 Å². The van der Waals surface area contributed by atoms with Gasteiger partial charge in [0.2, 0.25) is 0 Å². The highest BCUT2D eigenvalue weighted by Crippen LogP contribution is 2.38. The number of thiophene rings is 1. The summed E-state index contributed by atoms with van der Waals surface area (Å²) in [6, 6.07) is 2.20. The molecule has 0 amide bonds. The van der Waals surface area contributed by atoms with Gasteiger partial charge in [-0.25, -0.2) is 15.0 Å². The van der Waals surface area contributed by atoms with Gasteiger partial charge in [-0.2, -0.15) is 0 Å². The maximum absolute atomic E-state index is 5.90. The van der Waals surface area contributed by atoms with Crippen molar-refractivity contribution in [2.75, 3.05) is 6.26 Å². The van der Waals surface area contributed by atoms with E-state index >= 15 is 0 Å². The molecule has 0 fully saturated rings. The molecule has 3 aromatic rings. The van der Waals surface area contributed by atoms with Gasteiger partial charge in [0, 0.05) is 17.4 Å². The van der Waals surface area contributed by atoms with Gasteiger partial charge in [-0.15, -0.1) is 23.1 Å². The number of ether oxygens (including phenoxy) is 1. The Morgan fingerprint density at radius 2 is 2.19 bits per heavy atom. The van der Waals surface area contributed by atoms with Crippen molar-refractivity contribution in [1.29, 1.82) is 0 Å². The first kappa shape index (κ1) is 13.4. The van der Waals surface area contributed by atoms with Gasteiger partial charge in [-0.3, -0.25) is 0 Å². The van der Waals surface area contributed by atoms with Crippen molar-refractivity contribution in [3.8, 4) is 0 Å². The Kier molecular flexibility index (Phi) is 2.96. The summed E-state index contributed by atoms with van der Waals surface area (Å²) in [5, 5.41) is 2.15. The Balaban J connectivity index is 2.00. The molecule has 4 rings (SSSR count). The van der Waals surface area contributed by atoms with Gasteiger partial charge in [0.1, 0.15) is 16.2 Å². The van der Waals surface area contributed by atoms with Crippen LogP contribution in [0.25, 0.3) is 20.4 Å². The normalized spacial score (nSPS) is 17.3. The molecule has 4 heterocycles. The number of rotatable bonds is 1. The summed E-state index contributed by atoms with van der Waals surface area (Å²) in [7, 11) is 0. The van der Waals surface area contributed by atoms with Gasteiger partial charge < -0.3 is 4.74 Å². The van der Waals surface area contributed by atoms with E-state index in [1.165, 1.54) is 5.56 Å². The number of fused-ring (bicyclic) bond motifs is 4. The highest BCUT2D eigenvalue weighted by atomic mass is 32.2. The molecule has 0 N–H and O–H groups in total. The molecule has 4 nitrogen and oxygen atoms in total. The van der Waals surface area contributed by atoms with Crippen molar-refractivity contribution in [2.24, 2.45) is 0 Å². The third-order valence-corrected chi connectivity index (χ3v) is 5.71. The van der Waals surface area contributed by atoms with Crippen LogP contribution in [-0.4, -0.2) is 26.8 Å². The first-order valence-corrected chi connectivity index (χ1v) is 8.85. The summed E-state index contributed by atoms with van der Waals surface area (Å²) >= 11 is 3.34. The van der Waals surface area contributed by atoms with E-state index < -0.39 is 0 Å². The summed E-state index contributed by atoms with van der Waals surface area (Å²) in [4.78, 5) is 14.8. The number of hydrogen-bond donors (Lipinski definition) is 0. The van der Waals surface area contributed by atoms with Gasteiger partial charge in [0.15, 0.2) is 0 Å². The predicted octanol–water partition coefficient (Wildman–Crippen LogP) is 3.81. The third-order valence-electron chi connectivity index (χ3n) is 3.79. The summed E-state index contributed by atoms with van der Waals surface area (Å²) < 4.78 is 7.04. The van der Waals surface area contributed by atoms with Crippen molar-refractivity contribution in [1.82, 2.24) is 15.0 Å². The second kappa shape index (κ2) is 4.63. The standard InChI is InChI=1S/C15H15N3OS2/c1-15(2)5-10-8(6-19-15)4-9-11-12(21-13(9)18-10)14(20-3)17-7-16-11/h4,7H,5-6H2,1-3H3. The maximum Gasteiger partial charge on any atom is 0.126 e. The molecular formula is C15H15N3OS2. The van der Waals surface area contributed by atoms with Crippen LogP contribution in [0.4, 0.5) is 0 Å². The minimum absolute atomic E-state index is 0.130. The van der Waals surface area contributed by atoms with Crippen LogP contribution in [0.15, 0.2) is 17.4 Å². The van der Waals surface area contributed by atoms with Crippen LogP contribution in [-0.2, 0) is 17.8 Å². The Morgan fingerprint density at radius 1 is 1.33 bits per heavy atom. The lowest BCUT2D eigenvalue weighted by Crippen LogP contribution is -2.32. The first-order valence-electron chi connectivity index (χ1n) is 6.81. The zero-order valence-electron chi connectivity index (χ0n) is 12.1. The molecular weight excluding hydrogens is 302 g/mol. The molecule has 108 valence electrons. The first-order chi connectivity index (χ1) is 10.1. The lowest BCUT2D eigenvalue weighted by atomic mass is 9.95. The van der Waals surface area contributed by atoms with Crippen LogP contribution in [0, 0.1) is 0 Å². The summed E-state index contributed by atoms with van der Waals surface area (Å²) in [6.07, 6.45) is 4.54. The predicted molar refractivity (Wildman–Crippen MR) is 87.1 cm³/mol. The molecule has 0 bridgehead atoms. The van der Waals surface area contributed by atoms with E-state index in [1.807, 2.05) is 6.26 Å². The Morgan fingerprint density at radius 3 is 3.00 bits per heavy atom. The molecule has 0 saturated carbocycles. The van der Waals surface area contributed by atoms with Crippen molar-refractivity contribution in [2.45, 2.75) is 37.5 Å². The molecule has 6 heteroatoms. The fourth-order valence-corrected chi connectivity index (χ4v) is 4.53. The van der Waals surface area contributed by atoms with Crippen molar-refractivity contribution in [3.63, 3.8) is 0 Å². The van der Waals surface area contributed by atoms with Gasteiger partial charge in [-0.1, -0.05) is 0 Å². The number of thioether (sulfide) groups is 1. The SMILES string of the molecule is CSc1ncnc2c1sc1nc3c(cc12)COC(C)(C)C3. The number of pyridine rings is 1. The molecule has 0 saturated heterocycles. The van der Waals surface area contributed by atoms with Gasteiger partial charge in [0.05, 0.1) is 28.1 Å². The minimum Gasteiger partial charge on any atom is -0.370 e. The van der Waals surface area contributed by atoms with E-state index in [4.69, 9.17) is 9.72 Å². The number of nitrogens with zero attached hydrogens (tertiary/aromatic N) is 3. The zero-order chi connectivity index (χ0) is 14.6. The lowest BCUT2D eigenvalue weighted by Gasteiger charge is -2.30. The minimum atomic E-state index is -0.130. The van der Waals surface area contributed by atoms with Crippen LogP contribution in [0.1, 0.15) is 25.1 Å². The molecule has 0 aliphatic carbocycles. The fourth-order valence-electron chi connectivity index (χ4n) is 2.71. The van der Waals surface area contributed by atoms with E-state index in [2.05, 4.69) is 29.9 Å². The Labute approximate surface area is 131 Å². The maximum atomic E-state index is 5.90. The van der Waals surface area contributed by atoms with Crippen molar-refractivity contribution >= 4 is 43.5 Å². The van der Waals surface area contributed by atoms with E-state index in [9.17, 15) is 0 Å². The summed E-state index contributed by atoms with van der Waals surface area (Å²) in [6.45, 7) is 4.86. The van der Waals surface area contributed by atoms with Crippen LogP contribution in [0.2, 0.25) is 0 Å². The molecule has 1 aliphatic rings. The molecule has 21 heavy (non-hydrogen) atoms. The van der Waals surface area contributed by atoms with E-state index in [0.29, 0.717) is 6.61 Å². The number of aromatic nitrogens is 3. The Bertz CT molecular complexity index is 857. The number of hydrogen-bond acceptors (Lipinski definition) is 6. The van der Waals surface area contributed by atoms with E-state index in [-0.39, 0.29) is 5.60 Å². The van der Waals surface area contributed by atoms with Gasteiger partial charge >= 0.3 is 0 Å². The Hall–Kier alpha value is -1.24. The third kappa shape index (κ3) is 2.13. The second-order valence-corrected chi connectivity index (χ2v) is 7.63. The van der Waals surface area contributed by atoms with Gasteiger partial charge in [-0.05, 0) is 26.2 Å². The molecule has 0 aromatic carbocycles. The highest BCUT2D eigenvalue weighted by Gasteiger charge is 2.28. The molecule has 0 atom stereocenters. The molecule has 0 unspecified atom stereocenters. The highest BCUT2D eigenvalue weighted by molar-refractivity contribution is 7.98. The van der Waals surface area contributed by atoms with Gasteiger partial charge in [0.25, 0.3) is 0 Å². The average molecular weight is 317 g/mol. The topological polar surface area (TPSA) is 47.9 Å². The molecule has 1 aliphatic heterocycles. The summed E-state index contributed by atoms with van der Waals surface area (Å²) in [5.41, 5.74) is 3.22. The largest absolute Gasteiger partial charge is 0.370 e. The lowest BCUT2D eigenvalue weighted by molar-refractivity contribution is -0.0411. The van der Waals surface area contributed by atoms with Crippen LogP contribution in [0.3, 0.4) is 0 Å². The van der Waals surface area contributed by atoms with Crippen LogP contribution >= 0.6 is 23.1 Å². The zero-order valence-corrected chi connectivity index (χ0v) is 13.8.